The zero-order valence-corrected chi connectivity index (χ0v) is 10.0. The summed E-state index contributed by atoms with van der Waals surface area (Å²) < 4.78 is 5.16. The third kappa shape index (κ3) is 2.43. The van der Waals surface area contributed by atoms with Gasteiger partial charge in [0.15, 0.2) is 0 Å². The highest BCUT2D eigenvalue weighted by Crippen LogP contribution is 2.35. The predicted octanol–water partition coefficient (Wildman–Crippen LogP) is 2.44. The third-order valence-electron chi connectivity index (χ3n) is 2.49. The maximum absolute atomic E-state index is 11.1. The van der Waals surface area contributed by atoms with Gasteiger partial charge in [-0.25, -0.2) is 0 Å². The number of hydrogen-bond acceptors (Lipinski definition) is 4. The zero-order chi connectivity index (χ0) is 13.1. The topological polar surface area (TPSA) is 78.3 Å². The molecule has 4 N–H and O–H groups in total. The molecule has 0 unspecified atom stereocenters. The number of rotatable bonds is 2. The van der Waals surface area contributed by atoms with Gasteiger partial charge in [0.2, 0.25) is 0 Å². The van der Waals surface area contributed by atoms with Gasteiger partial charge < -0.3 is 16.2 Å². The van der Waals surface area contributed by atoms with E-state index in [9.17, 15) is 4.79 Å². The van der Waals surface area contributed by atoms with Gasteiger partial charge in [0.25, 0.3) is 0 Å². The van der Waals surface area contributed by atoms with Crippen LogP contribution in [0, 0.1) is 0 Å². The largest absolute Gasteiger partial charge is 0.426 e. The van der Waals surface area contributed by atoms with Gasteiger partial charge in [0, 0.05) is 23.9 Å². The molecule has 18 heavy (non-hydrogen) atoms. The molecular weight excluding hydrogens is 228 g/mol. The summed E-state index contributed by atoms with van der Waals surface area (Å²) >= 11 is 0. The number of nitrogen functional groups attached to an aromatic ring is 2. The van der Waals surface area contributed by atoms with Crippen LogP contribution in [0.2, 0.25) is 0 Å². The maximum atomic E-state index is 11.1. The van der Waals surface area contributed by atoms with E-state index in [-0.39, 0.29) is 5.97 Å². The van der Waals surface area contributed by atoms with E-state index in [0.29, 0.717) is 22.7 Å². The number of esters is 1. The molecule has 0 aliphatic heterocycles. The summed E-state index contributed by atoms with van der Waals surface area (Å²) in [5, 5.41) is 0. The second-order valence-electron chi connectivity index (χ2n) is 3.94. The van der Waals surface area contributed by atoms with Crippen LogP contribution in [-0.4, -0.2) is 5.97 Å². The molecule has 0 bridgehead atoms. The molecule has 0 heterocycles. The summed E-state index contributed by atoms with van der Waals surface area (Å²) in [7, 11) is 0. The van der Waals surface area contributed by atoms with Crippen molar-refractivity contribution < 1.29 is 9.53 Å². The molecule has 2 aromatic rings. The minimum Gasteiger partial charge on any atom is -0.426 e. The first-order chi connectivity index (χ1) is 8.58. The first-order valence-corrected chi connectivity index (χ1v) is 5.51. The molecule has 0 spiro atoms. The van der Waals surface area contributed by atoms with Crippen molar-refractivity contribution in [2.75, 3.05) is 11.5 Å². The summed E-state index contributed by atoms with van der Waals surface area (Å²) in [4.78, 5) is 11.1. The molecule has 0 aromatic heterocycles. The molecular formula is C14H14N2O2. The Labute approximate surface area is 105 Å². The van der Waals surface area contributed by atoms with E-state index in [2.05, 4.69) is 0 Å². The summed E-state index contributed by atoms with van der Waals surface area (Å²) in [6.45, 7) is 1.35. The zero-order valence-electron chi connectivity index (χ0n) is 10.0. The molecule has 0 amide bonds. The second kappa shape index (κ2) is 4.79. The van der Waals surface area contributed by atoms with Crippen molar-refractivity contribution in [2.45, 2.75) is 6.92 Å². The lowest BCUT2D eigenvalue weighted by molar-refractivity contribution is -0.131. The molecule has 0 saturated carbocycles. The lowest BCUT2D eigenvalue weighted by Crippen LogP contribution is -2.04. The Morgan fingerprint density at radius 2 is 1.83 bits per heavy atom. The fourth-order valence-corrected chi connectivity index (χ4v) is 1.79. The number of hydrogen-bond donors (Lipinski definition) is 2. The molecule has 0 atom stereocenters. The molecule has 0 saturated heterocycles. The molecule has 92 valence electrons. The average Bonchev–Trinajstić information content (AvgIpc) is 2.28. The third-order valence-corrected chi connectivity index (χ3v) is 2.49. The van der Waals surface area contributed by atoms with E-state index >= 15 is 0 Å². The van der Waals surface area contributed by atoms with Crippen molar-refractivity contribution in [1.82, 2.24) is 0 Å². The number of ether oxygens (including phenoxy) is 1. The Bertz CT molecular complexity index is 594. The van der Waals surface area contributed by atoms with Crippen molar-refractivity contribution >= 4 is 17.3 Å². The number of benzene rings is 2. The molecule has 0 radical (unpaired) electrons. The van der Waals surface area contributed by atoms with Crippen LogP contribution >= 0.6 is 0 Å². The van der Waals surface area contributed by atoms with Crippen molar-refractivity contribution in [3.8, 4) is 16.9 Å². The highest BCUT2D eigenvalue weighted by Gasteiger charge is 2.11. The van der Waals surface area contributed by atoms with Crippen LogP contribution in [0.1, 0.15) is 6.92 Å². The standard InChI is InChI=1S/C14H14N2O2/c1-9(17)18-13-7-3-6-12(16)14(13)10-4-2-5-11(15)8-10/h2-8H,15-16H2,1H3. The number of carbonyl (C=O) groups is 1. The monoisotopic (exact) mass is 242 g/mol. The van der Waals surface area contributed by atoms with Crippen molar-refractivity contribution in [2.24, 2.45) is 0 Å². The van der Waals surface area contributed by atoms with E-state index < -0.39 is 0 Å². The summed E-state index contributed by atoms with van der Waals surface area (Å²) in [6, 6.07) is 12.5. The van der Waals surface area contributed by atoms with E-state index in [4.69, 9.17) is 16.2 Å². The van der Waals surface area contributed by atoms with Crippen LogP contribution in [0.25, 0.3) is 11.1 Å². The van der Waals surface area contributed by atoms with E-state index in [1.165, 1.54) is 6.92 Å². The number of carbonyl (C=O) groups excluding carboxylic acids is 1. The Hall–Kier alpha value is -2.49. The lowest BCUT2D eigenvalue weighted by Gasteiger charge is -2.12. The predicted molar refractivity (Wildman–Crippen MR) is 72.0 cm³/mol. The molecule has 0 aliphatic carbocycles. The smallest absolute Gasteiger partial charge is 0.308 e. The molecule has 4 heteroatoms. The minimum absolute atomic E-state index is 0.384. The van der Waals surface area contributed by atoms with Gasteiger partial charge in [-0.3, -0.25) is 4.79 Å². The van der Waals surface area contributed by atoms with E-state index in [1.807, 2.05) is 12.1 Å². The normalized spacial score (nSPS) is 10.1. The van der Waals surface area contributed by atoms with Gasteiger partial charge in [0.1, 0.15) is 5.75 Å². The highest BCUT2D eigenvalue weighted by atomic mass is 16.5. The summed E-state index contributed by atoms with van der Waals surface area (Å²) in [6.07, 6.45) is 0. The van der Waals surface area contributed by atoms with Crippen LogP contribution in [-0.2, 0) is 4.79 Å². The van der Waals surface area contributed by atoms with E-state index in [1.54, 1.807) is 30.3 Å². The Morgan fingerprint density at radius 3 is 2.50 bits per heavy atom. The van der Waals surface area contributed by atoms with Gasteiger partial charge in [-0.15, -0.1) is 0 Å². The molecule has 0 aliphatic rings. The SMILES string of the molecule is CC(=O)Oc1cccc(N)c1-c1cccc(N)c1. The van der Waals surface area contributed by atoms with Crippen LogP contribution < -0.4 is 16.2 Å². The highest BCUT2D eigenvalue weighted by molar-refractivity contribution is 5.85. The van der Waals surface area contributed by atoms with E-state index in [0.717, 1.165) is 5.56 Å². The lowest BCUT2D eigenvalue weighted by atomic mass is 10.0. The number of nitrogens with two attached hydrogens (primary N) is 2. The van der Waals surface area contributed by atoms with Gasteiger partial charge in [0.05, 0.1) is 0 Å². The van der Waals surface area contributed by atoms with Crippen molar-refractivity contribution in [3.63, 3.8) is 0 Å². The molecule has 4 nitrogen and oxygen atoms in total. The van der Waals surface area contributed by atoms with Gasteiger partial charge >= 0.3 is 5.97 Å². The maximum Gasteiger partial charge on any atom is 0.308 e. The second-order valence-corrected chi connectivity index (χ2v) is 3.94. The fraction of sp³-hybridized carbons (Fsp3) is 0.0714. The van der Waals surface area contributed by atoms with Crippen LogP contribution in [0.15, 0.2) is 42.5 Å². The van der Waals surface area contributed by atoms with Crippen molar-refractivity contribution in [3.05, 3.63) is 42.5 Å². The first-order valence-electron chi connectivity index (χ1n) is 5.51. The quantitative estimate of drug-likeness (QED) is 0.481. The average molecular weight is 242 g/mol. The van der Waals surface area contributed by atoms with Crippen molar-refractivity contribution in [1.29, 1.82) is 0 Å². The van der Waals surface area contributed by atoms with Crippen LogP contribution in [0.3, 0.4) is 0 Å². The minimum atomic E-state index is -0.384. The summed E-state index contributed by atoms with van der Waals surface area (Å²) in [5.74, 6) is 0.0545. The van der Waals surface area contributed by atoms with Crippen LogP contribution in [0.4, 0.5) is 11.4 Å². The molecule has 2 aromatic carbocycles. The fourth-order valence-electron chi connectivity index (χ4n) is 1.79. The number of anilines is 2. The summed E-state index contributed by atoms with van der Waals surface area (Å²) in [5.41, 5.74) is 14.4. The van der Waals surface area contributed by atoms with Gasteiger partial charge in [-0.2, -0.15) is 0 Å². The first kappa shape index (κ1) is 12.0. The molecule has 2 rings (SSSR count). The Morgan fingerprint density at radius 1 is 1.11 bits per heavy atom. The Balaban J connectivity index is 2.58. The van der Waals surface area contributed by atoms with Gasteiger partial charge in [-0.1, -0.05) is 18.2 Å². The molecule has 0 fully saturated rings. The Kier molecular flexibility index (Phi) is 3.19. The van der Waals surface area contributed by atoms with Gasteiger partial charge in [-0.05, 0) is 29.8 Å². The van der Waals surface area contributed by atoms with Crippen LogP contribution in [0.5, 0.6) is 5.75 Å².